The maximum atomic E-state index is 11.0. The van der Waals surface area contributed by atoms with E-state index >= 15 is 0 Å². The normalized spacial score (nSPS) is 9.60. The van der Waals surface area contributed by atoms with Crippen LogP contribution >= 0.6 is 0 Å². The molecular formula is C11H15NO3. The maximum Gasteiger partial charge on any atom is 0.221 e. The number of aryl methyl sites for hydroxylation is 1. The molecule has 1 amide bonds. The number of nitrogens with one attached hydrogen (secondary N) is 1. The molecular weight excluding hydrogens is 194 g/mol. The first-order valence-corrected chi connectivity index (χ1v) is 4.58. The first kappa shape index (κ1) is 11.4. The molecule has 4 nitrogen and oxygen atoms in total. The summed E-state index contributed by atoms with van der Waals surface area (Å²) in [6.45, 7) is 3.37. The largest absolute Gasteiger partial charge is 0.496 e. The zero-order chi connectivity index (χ0) is 11.4. The number of ether oxygens (including phenoxy) is 2. The highest BCUT2D eigenvalue weighted by atomic mass is 16.5. The highest BCUT2D eigenvalue weighted by Crippen LogP contribution is 2.32. The molecule has 82 valence electrons. The number of carbonyl (C=O) groups is 1. The number of rotatable bonds is 3. The van der Waals surface area contributed by atoms with Crippen molar-refractivity contribution in [1.29, 1.82) is 0 Å². The molecule has 0 aliphatic carbocycles. The highest BCUT2D eigenvalue weighted by Gasteiger charge is 2.09. The second-order valence-corrected chi connectivity index (χ2v) is 3.20. The first-order chi connectivity index (χ1) is 7.08. The number of hydrogen-bond donors (Lipinski definition) is 1. The third kappa shape index (κ3) is 2.62. The minimum atomic E-state index is -0.140. The Balaban J connectivity index is 3.16. The van der Waals surface area contributed by atoms with E-state index < -0.39 is 0 Å². The van der Waals surface area contributed by atoms with E-state index in [2.05, 4.69) is 5.32 Å². The number of benzene rings is 1. The van der Waals surface area contributed by atoms with Crippen LogP contribution in [0.15, 0.2) is 12.1 Å². The number of anilines is 1. The van der Waals surface area contributed by atoms with Crippen molar-refractivity contribution in [2.75, 3.05) is 19.5 Å². The standard InChI is InChI=1S/C11H15NO3/c1-7-5-11(15-4)9(12-8(2)13)6-10(7)14-3/h5-6H,1-4H3,(H,12,13). The van der Waals surface area contributed by atoms with Crippen molar-refractivity contribution in [3.05, 3.63) is 17.7 Å². The monoisotopic (exact) mass is 209 g/mol. The molecule has 0 bridgehead atoms. The average molecular weight is 209 g/mol. The second-order valence-electron chi connectivity index (χ2n) is 3.20. The Morgan fingerprint density at radius 1 is 1.20 bits per heavy atom. The minimum Gasteiger partial charge on any atom is -0.496 e. The number of hydrogen-bond acceptors (Lipinski definition) is 3. The summed E-state index contributed by atoms with van der Waals surface area (Å²) in [6.07, 6.45) is 0. The highest BCUT2D eigenvalue weighted by molar-refractivity contribution is 5.90. The molecule has 0 spiro atoms. The molecule has 1 N–H and O–H groups in total. The van der Waals surface area contributed by atoms with E-state index in [1.807, 2.05) is 13.0 Å². The van der Waals surface area contributed by atoms with Crippen LogP contribution in [0.3, 0.4) is 0 Å². The third-order valence-corrected chi connectivity index (χ3v) is 2.03. The van der Waals surface area contributed by atoms with Gasteiger partial charge in [0.15, 0.2) is 0 Å². The van der Waals surface area contributed by atoms with Crippen LogP contribution in [0.2, 0.25) is 0 Å². The Bertz CT molecular complexity index is 374. The van der Waals surface area contributed by atoms with E-state index in [1.54, 1.807) is 20.3 Å². The van der Waals surface area contributed by atoms with Crippen molar-refractivity contribution in [2.45, 2.75) is 13.8 Å². The summed E-state index contributed by atoms with van der Waals surface area (Å²) in [5.74, 6) is 1.21. The fourth-order valence-electron chi connectivity index (χ4n) is 1.34. The van der Waals surface area contributed by atoms with Crippen molar-refractivity contribution in [3.8, 4) is 11.5 Å². The molecule has 4 heteroatoms. The number of amides is 1. The van der Waals surface area contributed by atoms with Crippen LogP contribution in [-0.2, 0) is 4.79 Å². The van der Waals surface area contributed by atoms with Gasteiger partial charge in [-0.15, -0.1) is 0 Å². The van der Waals surface area contributed by atoms with Crippen LogP contribution in [0.4, 0.5) is 5.69 Å². The van der Waals surface area contributed by atoms with Gasteiger partial charge >= 0.3 is 0 Å². The molecule has 0 saturated heterocycles. The lowest BCUT2D eigenvalue weighted by molar-refractivity contribution is -0.114. The van der Waals surface area contributed by atoms with Crippen LogP contribution in [0.5, 0.6) is 11.5 Å². The zero-order valence-electron chi connectivity index (χ0n) is 9.38. The van der Waals surface area contributed by atoms with E-state index in [-0.39, 0.29) is 5.91 Å². The van der Waals surface area contributed by atoms with Gasteiger partial charge in [0.1, 0.15) is 11.5 Å². The van der Waals surface area contributed by atoms with Crippen LogP contribution in [-0.4, -0.2) is 20.1 Å². The van der Waals surface area contributed by atoms with Crippen molar-refractivity contribution >= 4 is 11.6 Å². The molecule has 15 heavy (non-hydrogen) atoms. The molecule has 1 aromatic carbocycles. The van der Waals surface area contributed by atoms with Gasteiger partial charge < -0.3 is 14.8 Å². The first-order valence-electron chi connectivity index (χ1n) is 4.58. The zero-order valence-corrected chi connectivity index (χ0v) is 9.38. The van der Waals surface area contributed by atoms with Gasteiger partial charge in [-0.05, 0) is 18.6 Å². The van der Waals surface area contributed by atoms with E-state index in [1.165, 1.54) is 6.92 Å². The summed E-state index contributed by atoms with van der Waals surface area (Å²) in [5, 5.41) is 2.68. The van der Waals surface area contributed by atoms with E-state index in [0.717, 1.165) is 11.3 Å². The van der Waals surface area contributed by atoms with Crippen LogP contribution in [0.1, 0.15) is 12.5 Å². The van der Waals surface area contributed by atoms with Crippen LogP contribution in [0, 0.1) is 6.92 Å². The summed E-state index contributed by atoms with van der Waals surface area (Å²) in [7, 11) is 3.15. The Kier molecular flexibility index (Phi) is 3.55. The molecule has 0 aromatic heterocycles. The molecule has 0 radical (unpaired) electrons. The van der Waals surface area contributed by atoms with E-state index in [4.69, 9.17) is 9.47 Å². The predicted octanol–water partition coefficient (Wildman–Crippen LogP) is 1.97. The predicted molar refractivity (Wildman–Crippen MR) is 58.6 cm³/mol. The number of methoxy groups -OCH3 is 2. The fourth-order valence-corrected chi connectivity index (χ4v) is 1.34. The second kappa shape index (κ2) is 4.68. The third-order valence-electron chi connectivity index (χ3n) is 2.03. The summed E-state index contributed by atoms with van der Waals surface area (Å²) < 4.78 is 10.3. The van der Waals surface area contributed by atoms with Gasteiger partial charge in [0, 0.05) is 13.0 Å². The molecule has 0 atom stereocenters. The molecule has 0 unspecified atom stereocenters. The lowest BCUT2D eigenvalue weighted by Crippen LogP contribution is -2.07. The van der Waals surface area contributed by atoms with Crippen LogP contribution < -0.4 is 14.8 Å². The lowest BCUT2D eigenvalue weighted by Gasteiger charge is -2.12. The van der Waals surface area contributed by atoms with Gasteiger partial charge in [-0.2, -0.15) is 0 Å². The summed E-state index contributed by atoms with van der Waals surface area (Å²) in [6, 6.07) is 3.57. The van der Waals surface area contributed by atoms with Gasteiger partial charge in [-0.3, -0.25) is 4.79 Å². The minimum absolute atomic E-state index is 0.140. The average Bonchev–Trinajstić information content (AvgIpc) is 2.19. The smallest absolute Gasteiger partial charge is 0.221 e. The molecule has 1 rings (SSSR count). The topological polar surface area (TPSA) is 47.6 Å². The molecule has 0 heterocycles. The summed E-state index contributed by atoms with van der Waals surface area (Å²) in [5.41, 5.74) is 1.58. The maximum absolute atomic E-state index is 11.0. The Morgan fingerprint density at radius 3 is 2.27 bits per heavy atom. The Hall–Kier alpha value is -1.71. The van der Waals surface area contributed by atoms with Crippen molar-refractivity contribution in [1.82, 2.24) is 0 Å². The molecule has 1 aromatic rings. The van der Waals surface area contributed by atoms with Crippen molar-refractivity contribution in [2.24, 2.45) is 0 Å². The van der Waals surface area contributed by atoms with Crippen molar-refractivity contribution < 1.29 is 14.3 Å². The van der Waals surface area contributed by atoms with Gasteiger partial charge in [-0.1, -0.05) is 0 Å². The van der Waals surface area contributed by atoms with E-state index in [9.17, 15) is 4.79 Å². The van der Waals surface area contributed by atoms with E-state index in [0.29, 0.717) is 11.4 Å². The quantitative estimate of drug-likeness (QED) is 0.827. The molecule has 0 aliphatic rings. The van der Waals surface area contributed by atoms with Gasteiger partial charge in [0.2, 0.25) is 5.91 Å². The van der Waals surface area contributed by atoms with Crippen molar-refractivity contribution in [3.63, 3.8) is 0 Å². The molecule has 0 fully saturated rings. The lowest BCUT2D eigenvalue weighted by atomic mass is 10.2. The Morgan fingerprint density at radius 2 is 1.80 bits per heavy atom. The van der Waals surface area contributed by atoms with Gasteiger partial charge in [0.05, 0.1) is 19.9 Å². The van der Waals surface area contributed by atoms with Gasteiger partial charge in [-0.25, -0.2) is 0 Å². The van der Waals surface area contributed by atoms with Crippen LogP contribution in [0.25, 0.3) is 0 Å². The molecule has 0 aliphatic heterocycles. The summed E-state index contributed by atoms with van der Waals surface area (Å²) in [4.78, 5) is 11.0. The number of carbonyl (C=O) groups excluding carboxylic acids is 1. The summed E-state index contributed by atoms with van der Waals surface area (Å²) >= 11 is 0. The SMILES string of the molecule is COc1cc(NC(C)=O)c(OC)cc1C. The molecule has 0 saturated carbocycles. The Labute approximate surface area is 89.2 Å². The fraction of sp³-hybridized carbons (Fsp3) is 0.364. The van der Waals surface area contributed by atoms with Gasteiger partial charge in [0.25, 0.3) is 0 Å².